The molecule has 0 atom stereocenters. The number of thioether (sulfide) groups is 1. The second-order valence-electron chi connectivity index (χ2n) is 2.49. The number of phenolic OH excluding ortho intramolecular Hbond substituents is 1. The van der Waals surface area contributed by atoms with Crippen LogP contribution in [0.2, 0.25) is 0 Å². The minimum Gasteiger partial charge on any atom is -0.508 e. The molecule has 0 unspecified atom stereocenters. The van der Waals surface area contributed by atoms with Crippen molar-refractivity contribution in [2.75, 3.05) is 0 Å². The summed E-state index contributed by atoms with van der Waals surface area (Å²) in [7, 11) is 0. The number of aromatic hydroxyl groups is 1. The molecular weight excluding hydrogens is 156 g/mol. The third-order valence-electron chi connectivity index (χ3n) is 1.68. The molecule has 0 radical (unpaired) electrons. The van der Waals surface area contributed by atoms with Crippen molar-refractivity contribution in [2.24, 2.45) is 0 Å². The molecule has 0 amide bonds. The van der Waals surface area contributed by atoms with E-state index in [0.717, 1.165) is 6.42 Å². The molecule has 11 heavy (non-hydrogen) atoms. The first-order valence-corrected chi connectivity index (χ1v) is 4.38. The van der Waals surface area contributed by atoms with E-state index in [9.17, 15) is 0 Å². The van der Waals surface area contributed by atoms with Crippen LogP contribution in [0.4, 0.5) is 0 Å². The Labute approximate surface area is 69.7 Å². The smallest absolute Gasteiger partial charge is 0.116 e. The van der Waals surface area contributed by atoms with Crippen LogP contribution in [0.25, 0.3) is 0 Å². The maximum Gasteiger partial charge on any atom is 0.116 e. The number of hydrogen-bond acceptors (Lipinski definition) is 2. The zero-order valence-corrected chi connectivity index (χ0v) is 6.77. The van der Waals surface area contributed by atoms with Gasteiger partial charge in [-0.1, -0.05) is 23.9 Å². The Kier molecular flexibility index (Phi) is 1.62. The van der Waals surface area contributed by atoms with Crippen LogP contribution in [0.3, 0.4) is 0 Å². The average Bonchev–Trinajstić information content (AvgIpc) is 2.04. The third-order valence-corrected chi connectivity index (χ3v) is 2.64. The lowest BCUT2D eigenvalue weighted by molar-refractivity contribution is 0.473. The molecule has 1 heterocycles. The van der Waals surface area contributed by atoms with Crippen molar-refractivity contribution < 1.29 is 5.11 Å². The molecule has 1 N–H and O–H groups in total. The maximum atomic E-state index is 9.15. The van der Waals surface area contributed by atoms with Gasteiger partial charge in [0.2, 0.25) is 0 Å². The van der Waals surface area contributed by atoms with E-state index in [1.807, 2.05) is 12.1 Å². The van der Waals surface area contributed by atoms with Crippen molar-refractivity contribution in [1.29, 1.82) is 0 Å². The number of hydrogen-bond donors (Lipinski definition) is 1. The number of allylic oxidation sites excluding steroid dienone is 1. The summed E-state index contributed by atoms with van der Waals surface area (Å²) in [4.78, 5) is 1.17. The van der Waals surface area contributed by atoms with Gasteiger partial charge in [-0.05, 0) is 29.5 Å². The van der Waals surface area contributed by atoms with Crippen molar-refractivity contribution in [2.45, 2.75) is 11.3 Å². The maximum absolute atomic E-state index is 9.15. The lowest BCUT2D eigenvalue weighted by atomic mass is 10.1. The Morgan fingerprint density at radius 1 is 1.36 bits per heavy atom. The highest BCUT2D eigenvalue weighted by Gasteiger charge is 2.04. The summed E-state index contributed by atoms with van der Waals surface area (Å²) in [6.07, 6.45) is 3.12. The van der Waals surface area contributed by atoms with Crippen molar-refractivity contribution in [1.82, 2.24) is 0 Å². The fourth-order valence-electron chi connectivity index (χ4n) is 1.12. The molecule has 0 fully saturated rings. The Hall–Kier alpha value is -0.890. The third kappa shape index (κ3) is 1.26. The van der Waals surface area contributed by atoms with Crippen LogP contribution in [-0.4, -0.2) is 5.11 Å². The van der Waals surface area contributed by atoms with Gasteiger partial charge in [0.05, 0.1) is 0 Å². The topological polar surface area (TPSA) is 20.2 Å². The van der Waals surface area contributed by atoms with Crippen molar-refractivity contribution >= 4 is 11.8 Å². The average molecular weight is 164 g/mol. The van der Waals surface area contributed by atoms with Gasteiger partial charge in [-0.25, -0.2) is 0 Å². The molecule has 2 heteroatoms. The molecule has 1 nitrogen and oxygen atoms in total. The van der Waals surface area contributed by atoms with E-state index in [-0.39, 0.29) is 0 Å². The Balaban J connectivity index is 2.48. The molecule has 1 aromatic rings. The number of phenols is 1. The Bertz CT molecular complexity index is 304. The Morgan fingerprint density at radius 3 is 3.18 bits per heavy atom. The fraction of sp³-hybridized carbons (Fsp3) is 0.111. The lowest BCUT2D eigenvalue weighted by Gasteiger charge is -2.09. The standard InChI is InChI=1S/C9H8OS/c10-8-4-3-7-2-1-5-11-9(7)6-8/h1,3-6,10H,2H2. The molecule has 2 rings (SSSR count). The van der Waals surface area contributed by atoms with Gasteiger partial charge in [0.25, 0.3) is 0 Å². The molecular formula is C9H8OS. The van der Waals surface area contributed by atoms with E-state index in [2.05, 4.69) is 11.5 Å². The number of rotatable bonds is 0. The van der Waals surface area contributed by atoms with Crippen LogP contribution in [-0.2, 0) is 6.42 Å². The minimum absolute atomic E-state index is 0.353. The fourth-order valence-corrected chi connectivity index (χ4v) is 1.95. The second kappa shape index (κ2) is 2.62. The van der Waals surface area contributed by atoms with Crippen LogP contribution >= 0.6 is 11.8 Å². The summed E-state index contributed by atoms with van der Waals surface area (Å²) in [6, 6.07) is 5.52. The van der Waals surface area contributed by atoms with Crippen LogP contribution in [0, 0.1) is 0 Å². The van der Waals surface area contributed by atoms with Gasteiger partial charge >= 0.3 is 0 Å². The highest BCUT2D eigenvalue weighted by molar-refractivity contribution is 8.02. The molecule has 1 aliphatic rings. The van der Waals surface area contributed by atoms with Gasteiger partial charge in [-0.15, -0.1) is 0 Å². The summed E-state index contributed by atoms with van der Waals surface area (Å²) in [6.45, 7) is 0. The SMILES string of the molecule is Oc1ccc2c(c1)SC=CC2. The normalized spacial score (nSPS) is 14.5. The predicted molar refractivity (Wildman–Crippen MR) is 46.8 cm³/mol. The Morgan fingerprint density at radius 2 is 2.27 bits per heavy atom. The van der Waals surface area contributed by atoms with E-state index in [1.165, 1.54) is 10.5 Å². The zero-order valence-electron chi connectivity index (χ0n) is 5.95. The van der Waals surface area contributed by atoms with Gasteiger partial charge in [0.15, 0.2) is 0 Å². The van der Waals surface area contributed by atoms with Gasteiger partial charge in [0, 0.05) is 4.90 Å². The van der Waals surface area contributed by atoms with Crippen molar-refractivity contribution in [3.8, 4) is 5.75 Å². The molecule has 56 valence electrons. The highest BCUT2D eigenvalue weighted by Crippen LogP contribution is 2.31. The molecule has 0 saturated carbocycles. The monoisotopic (exact) mass is 164 g/mol. The quantitative estimate of drug-likeness (QED) is 0.636. The summed E-state index contributed by atoms with van der Waals surface area (Å²) >= 11 is 1.66. The second-order valence-corrected chi connectivity index (χ2v) is 3.43. The number of fused-ring (bicyclic) bond motifs is 1. The predicted octanol–water partition coefficient (Wildman–Crippen LogP) is 2.55. The lowest BCUT2D eigenvalue weighted by Crippen LogP contribution is -1.87. The van der Waals surface area contributed by atoms with Crippen LogP contribution in [0.1, 0.15) is 5.56 Å². The summed E-state index contributed by atoms with van der Waals surface area (Å²) in [5.74, 6) is 0.353. The van der Waals surface area contributed by atoms with Gasteiger partial charge in [-0.3, -0.25) is 0 Å². The highest BCUT2D eigenvalue weighted by atomic mass is 32.2. The van der Waals surface area contributed by atoms with E-state index in [4.69, 9.17) is 5.11 Å². The molecule has 1 aliphatic heterocycles. The first kappa shape index (κ1) is 6.80. The van der Waals surface area contributed by atoms with Gasteiger partial charge in [0.1, 0.15) is 5.75 Å². The molecule has 0 spiro atoms. The minimum atomic E-state index is 0.353. The van der Waals surface area contributed by atoms with E-state index in [0.29, 0.717) is 5.75 Å². The molecule has 0 saturated heterocycles. The van der Waals surface area contributed by atoms with Crippen LogP contribution in [0.5, 0.6) is 5.75 Å². The molecule has 0 bridgehead atoms. The molecule has 0 aliphatic carbocycles. The van der Waals surface area contributed by atoms with Crippen LogP contribution < -0.4 is 0 Å². The summed E-state index contributed by atoms with van der Waals surface area (Å²) < 4.78 is 0. The first-order valence-electron chi connectivity index (χ1n) is 3.50. The first-order chi connectivity index (χ1) is 5.36. The van der Waals surface area contributed by atoms with E-state index in [1.54, 1.807) is 17.8 Å². The largest absolute Gasteiger partial charge is 0.508 e. The summed E-state index contributed by atoms with van der Waals surface area (Å²) in [5, 5.41) is 11.2. The molecule has 1 aromatic carbocycles. The summed E-state index contributed by atoms with van der Waals surface area (Å²) in [5.41, 5.74) is 1.30. The number of benzene rings is 1. The van der Waals surface area contributed by atoms with Crippen molar-refractivity contribution in [3.05, 3.63) is 35.2 Å². The van der Waals surface area contributed by atoms with E-state index < -0.39 is 0 Å². The zero-order chi connectivity index (χ0) is 7.68. The van der Waals surface area contributed by atoms with E-state index >= 15 is 0 Å². The molecule has 0 aromatic heterocycles. The van der Waals surface area contributed by atoms with Gasteiger partial charge in [-0.2, -0.15) is 0 Å². The van der Waals surface area contributed by atoms with Crippen molar-refractivity contribution in [3.63, 3.8) is 0 Å². The van der Waals surface area contributed by atoms with Gasteiger partial charge < -0.3 is 5.11 Å². The van der Waals surface area contributed by atoms with Crippen LogP contribution in [0.15, 0.2) is 34.6 Å².